The van der Waals surface area contributed by atoms with Gasteiger partial charge in [0.2, 0.25) is 0 Å². The van der Waals surface area contributed by atoms with Crippen LogP contribution in [0.5, 0.6) is 5.75 Å². The zero-order chi connectivity index (χ0) is 12.6. The van der Waals surface area contributed by atoms with E-state index in [1.54, 1.807) is 0 Å². The van der Waals surface area contributed by atoms with Crippen LogP contribution in [0, 0.1) is 5.82 Å². The number of carboxylic acid groups (broad SMARTS) is 1. The largest absolute Gasteiger partial charge is 0.505 e. The van der Waals surface area contributed by atoms with E-state index in [4.69, 9.17) is 11.6 Å². The highest BCUT2D eigenvalue weighted by Gasteiger charge is 2.46. The maximum absolute atomic E-state index is 13.3. The van der Waals surface area contributed by atoms with E-state index in [9.17, 15) is 19.4 Å². The van der Waals surface area contributed by atoms with E-state index in [0.29, 0.717) is 12.8 Å². The molecule has 1 aliphatic rings. The Bertz CT molecular complexity index is 467. The fourth-order valence-corrected chi connectivity index (χ4v) is 2.88. The number of carboxylic acids is 1. The van der Waals surface area contributed by atoms with E-state index in [2.05, 4.69) is 0 Å². The monoisotopic (exact) mass is 258 g/mol. The average Bonchev–Trinajstić information content (AvgIpc) is 2.74. The lowest BCUT2D eigenvalue weighted by molar-refractivity contribution is -0.143. The first-order chi connectivity index (χ1) is 7.99. The van der Waals surface area contributed by atoms with Crippen LogP contribution in [-0.2, 0) is 10.2 Å². The Kier molecular flexibility index (Phi) is 3.00. The predicted octanol–water partition coefficient (Wildman–Crippen LogP) is 3.08. The number of phenols is 1. The van der Waals surface area contributed by atoms with Crippen LogP contribution in [0.15, 0.2) is 12.1 Å². The third-order valence-electron chi connectivity index (χ3n) is 3.42. The Hall–Kier alpha value is -1.29. The number of phenolic OH excluding ortho intramolecular Hbond substituents is 1. The first-order valence-corrected chi connectivity index (χ1v) is 5.78. The highest BCUT2D eigenvalue weighted by Crippen LogP contribution is 2.48. The van der Waals surface area contributed by atoms with Gasteiger partial charge in [0.05, 0.1) is 5.41 Å². The summed E-state index contributed by atoms with van der Waals surface area (Å²) in [5.41, 5.74) is -1.23. The van der Waals surface area contributed by atoms with Gasteiger partial charge in [-0.25, -0.2) is 4.39 Å². The summed E-state index contributed by atoms with van der Waals surface area (Å²) in [7, 11) is 0. The summed E-state index contributed by atoms with van der Waals surface area (Å²) in [5.74, 6) is -2.53. The molecule has 1 fully saturated rings. The molecule has 0 atom stereocenters. The SMILES string of the molecule is O=C(O)C1(c2c(Cl)ccc(F)c2O)CCCC1. The smallest absolute Gasteiger partial charge is 0.314 e. The molecule has 1 aromatic rings. The van der Waals surface area contributed by atoms with Crippen LogP contribution in [0.1, 0.15) is 31.2 Å². The standard InChI is InChI=1S/C12H12ClFO3/c13-7-3-4-8(14)10(15)9(7)12(11(16)17)5-1-2-6-12/h3-4,15H,1-2,5-6H2,(H,16,17). The van der Waals surface area contributed by atoms with Crippen LogP contribution in [0.3, 0.4) is 0 Å². The van der Waals surface area contributed by atoms with Crippen molar-refractivity contribution in [2.75, 3.05) is 0 Å². The summed E-state index contributed by atoms with van der Waals surface area (Å²) in [6.07, 6.45) is 2.22. The summed E-state index contributed by atoms with van der Waals surface area (Å²) in [5, 5.41) is 19.2. The van der Waals surface area contributed by atoms with Crippen molar-refractivity contribution in [1.29, 1.82) is 0 Å². The molecular weight excluding hydrogens is 247 g/mol. The van der Waals surface area contributed by atoms with Crippen molar-refractivity contribution in [1.82, 2.24) is 0 Å². The van der Waals surface area contributed by atoms with Crippen LogP contribution < -0.4 is 0 Å². The Labute approximate surface area is 103 Å². The molecule has 92 valence electrons. The lowest BCUT2D eigenvalue weighted by atomic mass is 9.78. The second kappa shape index (κ2) is 4.18. The van der Waals surface area contributed by atoms with Gasteiger partial charge in [-0.1, -0.05) is 24.4 Å². The number of halogens is 2. The first-order valence-electron chi connectivity index (χ1n) is 5.40. The van der Waals surface area contributed by atoms with Crippen molar-refractivity contribution in [3.05, 3.63) is 28.5 Å². The lowest BCUT2D eigenvalue weighted by Crippen LogP contribution is -2.33. The Morgan fingerprint density at radius 2 is 1.94 bits per heavy atom. The number of rotatable bonds is 2. The van der Waals surface area contributed by atoms with E-state index in [1.165, 1.54) is 6.07 Å². The van der Waals surface area contributed by atoms with Crippen molar-refractivity contribution in [2.45, 2.75) is 31.1 Å². The van der Waals surface area contributed by atoms with Crippen LogP contribution in [0.25, 0.3) is 0 Å². The topological polar surface area (TPSA) is 57.5 Å². The van der Waals surface area contributed by atoms with Crippen molar-refractivity contribution >= 4 is 17.6 Å². The molecule has 3 nitrogen and oxygen atoms in total. The van der Waals surface area contributed by atoms with Gasteiger partial charge in [-0.05, 0) is 25.0 Å². The van der Waals surface area contributed by atoms with E-state index in [1.807, 2.05) is 0 Å². The second-order valence-electron chi connectivity index (χ2n) is 4.35. The molecule has 0 heterocycles. The number of hydrogen-bond acceptors (Lipinski definition) is 2. The van der Waals surface area contributed by atoms with Gasteiger partial charge in [-0.15, -0.1) is 0 Å². The molecule has 0 saturated heterocycles. The number of hydrogen-bond donors (Lipinski definition) is 2. The Balaban J connectivity index is 2.66. The molecule has 5 heteroatoms. The quantitative estimate of drug-likeness (QED) is 0.857. The number of aromatic hydroxyl groups is 1. The lowest BCUT2D eigenvalue weighted by Gasteiger charge is -2.26. The zero-order valence-corrected chi connectivity index (χ0v) is 9.80. The zero-order valence-electron chi connectivity index (χ0n) is 9.04. The highest BCUT2D eigenvalue weighted by atomic mass is 35.5. The Morgan fingerprint density at radius 1 is 1.35 bits per heavy atom. The van der Waals surface area contributed by atoms with Crippen LogP contribution >= 0.6 is 11.6 Å². The molecule has 0 radical (unpaired) electrons. The third-order valence-corrected chi connectivity index (χ3v) is 3.74. The molecule has 1 aromatic carbocycles. The molecule has 2 N–H and O–H groups in total. The summed E-state index contributed by atoms with van der Waals surface area (Å²) in [6, 6.07) is 2.32. The van der Waals surface area contributed by atoms with Gasteiger partial charge in [0.15, 0.2) is 11.6 Å². The van der Waals surface area contributed by atoms with Crippen LogP contribution in [-0.4, -0.2) is 16.2 Å². The average molecular weight is 259 g/mol. The molecule has 0 spiro atoms. The first kappa shape index (κ1) is 12.2. The molecule has 17 heavy (non-hydrogen) atoms. The third kappa shape index (κ3) is 1.76. The van der Waals surface area contributed by atoms with Crippen LogP contribution in [0.4, 0.5) is 4.39 Å². The molecular formula is C12H12ClFO3. The minimum atomic E-state index is -1.25. The van der Waals surface area contributed by atoms with Crippen molar-refractivity contribution in [3.8, 4) is 5.75 Å². The van der Waals surface area contributed by atoms with Gasteiger partial charge in [-0.2, -0.15) is 0 Å². The van der Waals surface area contributed by atoms with E-state index in [-0.39, 0.29) is 10.6 Å². The summed E-state index contributed by atoms with van der Waals surface area (Å²) in [4.78, 5) is 11.4. The molecule has 0 aromatic heterocycles. The molecule has 1 saturated carbocycles. The van der Waals surface area contributed by atoms with Gasteiger partial charge in [0, 0.05) is 10.6 Å². The minimum absolute atomic E-state index is 0.0177. The van der Waals surface area contributed by atoms with Crippen molar-refractivity contribution in [3.63, 3.8) is 0 Å². The molecule has 0 aliphatic heterocycles. The fourth-order valence-electron chi connectivity index (χ4n) is 2.55. The number of aliphatic carboxylic acids is 1. The fraction of sp³-hybridized carbons (Fsp3) is 0.417. The molecule has 0 bridgehead atoms. The molecule has 1 aliphatic carbocycles. The maximum Gasteiger partial charge on any atom is 0.314 e. The summed E-state index contributed by atoms with van der Waals surface area (Å²) in [6.45, 7) is 0. The van der Waals surface area contributed by atoms with Gasteiger partial charge in [0.1, 0.15) is 0 Å². The summed E-state index contributed by atoms with van der Waals surface area (Å²) >= 11 is 5.93. The van der Waals surface area contributed by atoms with Gasteiger partial charge in [-0.3, -0.25) is 4.79 Å². The second-order valence-corrected chi connectivity index (χ2v) is 4.75. The van der Waals surface area contributed by atoms with E-state index >= 15 is 0 Å². The number of benzene rings is 1. The summed E-state index contributed by atoms with van der Waals surface area (Å²) < 4.78 is 13.3. The van der Waals surface area contributed by atoms with E-state index < -0.39 is 23.0 Å². The van der Waals surface area contributed by atoms with Gasteiger partial charge in [0.25, 0.3) is 0 Å². The molecule has 0 amide bonds. The van der Waals surface area contributed by atoms with Crippen LogP contribution in [0.2, 0.25) is 5.02 Å². The molecule has 2 rings (SSSR count). The normalized spacial score (nSPS) is 18.2. The molecule has 0 unspecified atom stereocenters. The maximum atomic E-state index is 13.3. The van der Waals surface area contributed by atoms with Gasteiger partial charge >= 0.3 is 5.97 Å². The van der Waals surface area contributed by atoms with E-state index in [0.717, 1.165) is 18.9 Å². The highest BCUT2D eigenvalue weighted by molar-refractivity contribution is 6.32. The predicted molar refractivity (Wildman–Crippen MR) is 60.9 cm³/mol. The Morgan fingerprint density at radius 3 is 2.47 bits per heavy atom. The van der Waals surface area contributed by atoms with Crippen molar-refractivity contribution < 1.29 is 19.4 Å². The van der Waals surface area contributed by atoms with Crippen molar-refractivity contribution in [2.24, 2.45) is 0 Å². The number of carbonyl (C=O) groups is 1. The van der Waals surface area contributed by atoms with Gasteiger partial charge < -0.3 is 10.2 Å². The minimum Gasteiger partial charge on any atom is -0.505 e.